The lowest BCUT2D eigenvalue weighted by Gasteiger charge is -2.11. The summed E-state index contributed by atoms with van der Waals surface area (Å²) in [7, 11) is 0. The molecule has 0 bridgehead atoms. The van der Waals surface area contributed by atoms with Crippen LogP contribution < -0.4 is 21.3 Å². The molecule has 0 aliphatic rings. The van der Waals surface area contributed by atoms with Crippen LogP contribution in [0.4, 0.5) is 30.2 Å². The molecule has 0 aromatic heterocycles. The fraction of sp³-hybridized carbons (Fsp3) is 0.100. The van der Waals surface area contributed by atoms with Gasteiger partial charge in [-0.3, -0.25) is 14.4 Å². The van der Waals surface area contributed by atoms with Crippen LogP contribution >= 0.6 is 0 Å². The molecular formula is C30H25F3N4O3. The fourth-order valence-corrected chi connectivity index (χ4v) is 3.75. The Labute approximate surface area is 228 Å². The van der Waals surface area contributed by atoms with Crippen LogP contribution in [-0.2, 0) is 17.5 Å². The van der Waals surface area contributed by atoms with Crippen molar-refractivity contribution < 1.29 is 27.6 Å². The van der Waals surface area contributed by atoms with Gasteiger partial charge in [-0.25, -0.2) is 0 Å². The van der Waals surface area contributed by atoms with Gasteiger partial charge in [-0.15, -0.1) is 0 Å². The van der Waals surface area contributed by atoms with Gasteiger partial charge in [0.05, 0.1) is 12.1 Å². The minimum absolute atomic E-state index is 0.00515. The fourth-order valence-electron chi connectivity index (χ4n) is 3.75. The second-order valence-corrected chi connectivity index (χ2v) is 8.76. The Kier molecular flexibility index (Phi) is 8.80. The number of carbonyl (C=O) groups is 3. The van der Waals surface area contributed by atoms with Gasteiger partial charge in [0.15, 0.2) is 0 Å². The van der Waals surface area contributed by atoms with Gasteiger partial charge in [0, 0.05) is 34.7 Å². The highest BCUT2D eigenvalue weighted by atomic mass is 19.4. The molecule has 0 heterocycles. The molecule has 4 rings (SSSR count). The van der Waals surface area contributed by atoms with Gasteiger partial charge in [0.1, 0.15) is 0 Å². The van der Waals surface area contributed by atoms with Crippen LogP contribution in [0.5, 0.6) is 0 Å². The Morgan fingerprint density at radius 3 is 1.93 bits per heavy atom. The van der Waals surface area contributed by atoms with E-state index in [1.165, 1.54) is 24.3 Å². The molecule has 0 aliphatic heterocycles. The normalized spacial score (nSPS) is 10.9. The zero-order valence-electron chi connectivity index (χ0n) is 21.1. The van der Waals surface area contributed by atoms with Crippen molar-refractivity contribution in [2.45, 2.75) is 12.7 Å². The molecule has 0 fully saturated rings. The van der Waals surface area contributed by atoms with Crippen molar-refractivity contribution in [3.63, 3.8) is 0 Å². The summed E-state index contributed by atoms with van der Waals surface area (Å²) < 4.78 is 38.8. The average Bonchev–Trinajstić information content (AvgIpc) is 2.95. The molecule has 4 aromatic rings. The van der Waals surface area contributed by atoms with Gasteiger partial charge >= 0.3 is 6.18 Å². The molecule has 0 aliphatic carbocycles. The van der Waals surface area contributed by atoms with E-state index in [2.05, 4.69) is 21.3 Å². The summed E-state index contributed by atoms with van der Waals surface area (Å²) in [5, 5.41) is 10.9. The van der Waals surface area contributed by atoms with Crippen molar-refractivity contribution in [3.05, 3.63) is 125 Å². The zero-order chi connectivity index (χ0) is 28.5. The predicted molar refractivity (Wildman–Crippen MR) is 147 cm³/mol. The van der Waals surface area contributed by atoms with E-state index in [0.717, 1.165) is 17.7 Å². The molecule has 0 atom stereocenters. The number of rotatable bonds is 9. The summed E-state index contributed by atoms with van der Waals surface area (Å²) in [6.45, 7) is 0.270. The van der Waals surface area contributed by atoms with Gasteiger partial charge in [0.2, 0.25) is 5.91 Å². The summed E-state index contributed by atoms with van der Waals surface area (Å²) in [5.74, 6) is -1.29. The number of benzene rings is 4. The molecule has 4 N–H and O–H groups in total. The summed E-state index contributed by atoms with van der Waals surface area (Å²) in [6.07, 6.45) is -4.53. The molecule has 10 heteroatoms. The number of halogens is 3. The number of amides is 3. The molecule has 40 heavy (non-hydrogen) atoms. The largest absolute Gasteiger partial charge is 0.416 e. The average molecular weight is 547 g/mol. The molecule has 4 aromatic carbocycles. The maximum absolute atomic E-state index is 12.9. The minimum Gasteiger partial charge on any atom is -0.376 e. The maximum Gasteiger partial charge on any atom is 0.416 e. The number of alkyl halides is 3. The number of anilines is 3. The number of hydrogen-bond acceptors (Lipinski definition) is 4. The standard InChI is InChI=1S/C30H25F3N4O3/c31-30(32,33)23-11-6-14-26(17-23)37-29(40)22-10-5-13-25(16-22)36-27(38)19-34-24-12-4-9-21(15-24)28(39)35-18-20-7-2-1-3-8-20/h1-17,34H,18-19H2,(H,35,39)(H,36,38)(H,37,40). The summed E-state index contributed by atoms with van der Waals surface area (Å²) >= 11 is 0. The van der Waals surface area contributed by atoms with E-state index in [-0.39, 0.29) is 23.7 Å². The van der Waals surface area contributed by atoms with Gasteiger partial charge < -0.3 is 21.3 Å². The van der Waals surface area contributed by atoms with Crippen LogP contribution in [0.15, 0.2) is 103 Å². The highest BCUT2D eigenvalue weighted by Crippen LogP contribution is 2.30. The zero-order valence-corrected chi connectivity index (χ0v) is 21.1. The van der Waals surface area contributed by atoms with E-state index in [1.807, 2.05) is 30.3 Å². The van der Waals surface area contributed by atoms with Crippen molar-refractivity contribution in [2.24, 2.45) is 0 Å². The topological polar surface area (TPSA) is 99.3 Å². The minimum atomic E-state index is -4.53. The van der Waals surface area contributed by atoms with Gasteiger partial charge in [-0.2, -0.15) is 13.2 Å². The Balaban J connectivity index is 1.30. The molecule has 0 unspecified atom stereocenters. The Morgan fingerprint density at radius 2 is 1.23 bits per heavy atom. The molecule has 0 spiro atoms. The third-order valence-corrected chi connectivity index (χ3v) is 5.73. The lowest BCUT2D eigenvalue weighted by atomic mass is 10.1. The summed E-state index contributed by atoms with van der Waals surface area (Å²) in [6, 6.07) is 26.6. The smallest absolute Gasteiger partial charge is 0.376 e. The van der Waals surface area contributed by atoms with E-state index in [9.17, 15) is 27.6 Å². The van der Waals surface area contributed by atoms with Crippen molar-refractivity contribution >= 4 is 34.8 Å². The molecule has 204 valence electrons. The van der Waals surface area contributed by atoms with Gasteiger partial charge in [0.25, 0.3) is 11.8 Å². The molecule has 0 radical (unpaired) electrons. The highest BCUT2D eigenvalue weighted by molar-refractivity contribution is 6.05. The third kappa shape index (κ3) is 7.94. The van der Waals surface area contributed by atoms with Crippen LogP contribution in [0.2, 0.25) is 0 Å². The third-order valence-electron chi connectivity index (χ3n) is 5.73. The molecule has 0 saturated carbocycles. The second kappa shape index (κ2) is 12.6. The van der Waals surface area contributed by atoms with E-state index < -0.39 is 23.6 Å². The highest BCUT2D eigenvalue weighted by Gasteiger charge is 2.30. The predicted octanol–water partition coefficient (Wildman–Crippen LogP) is 5.94. The first-order chi connectivity index (χ1) is 19.2. The van der Waals surface area contributed by atoms with Crippen LogP contribution in [0, 0.1) is 0 Å². The van der Waals surface area contributed by atoms with Crippen molar-refractivity contribution in [2.75, 3.05) is 22.5 Å². The lowest BCUT2D eigenvalue weighted by molar-refractivity contribution is -0.137. The van der Waals surface area contributed by atoms with Crippen molar-refractivity contribution in [3.8, 4) is 0 Å². The summed E-state index contributed by atoms with van der Waals surface area (Å²) in [4.78, 5) is 37.6. The van der Waals surface area contributed by atoms with E-state index >= 15 is 0 Å². The number of hydrogen-bond donors (Lipinski definition) is 4. The Bertz CT molecular complexity index is 1510. The number of nitrogens with one attached hydrogen (secondary N) is 4. The van der Waals surface area contributed by atoms with Crippen molar-refractivity contribution in [1.29, 1.82) is 0 Å². The van der Waals surface area contributed by atoms with Crippen LogP contribution in [0.3, 0.4) is 0 Å². The second-order valence-electron chi connectivity index (χ2n) is 8.76. The van der Waals surface area contributed by atoms with Gasteiger partial charge in [-0.1, -0.05) is 48.5 Å². The van der Waals surface area contributed by atoms with Crippen LogP contribution in [0.25, 0.3) is 0 Å². The van der Waals surface area contributed by atoms with E-state index in [1.54, 1.807) is 36.4 Å². The summed E-state index contributed by atoms with van der Waals surface area (Å²) in [5.41, 5.74) is 1.57. The van der Waals surface area contributed by atoms with Crippen LogP contribution in [0.1, 0.15) is 31.8 Å². The monoisotopic (exact) mass is 546 g/mol. The Hall–Kier alpha value is -5.12. The SMILES string of the molecule is O=C(CNc1cccc(C(=O)NCc2ccccc2)c1)Nc1cccc(C(=O)Nc2cccc(C(F)(F)F)c2)c1. The Morgan fingerprint density at radius 1 is 0.625 bits per heavy atom. The van der Waals surface area contributed by atoms with Crippen LogP contribution in [-0.4, -0.2) is 24.3 Å². The molecule has 0 saturated heterocycles. The quantitative estimate of drug-likeness (QED) is 0.209. The first-order valence-corrected chi connectivity index (χ1v) is 12.2. The van der Waals surface area contributed by atoms with E-state index in [4.69, 9.17) is 0 Å². The van der Waals surface area contributed by atoms with Crippen molar-refractivity contribution in [1.82, 2.24) is 5.32 Å². The first kappa shape index (κ1) is 27.9. The first-order valence-electron chi connectivity index (χ1n) is 12.2. The lowest BCUT2D eigenvalue weighted by Crippen LogP contribution is -2.24. The molecule has 7 nitrogen and oxygen atoms in total. The molecular weight excluding hydrogens is 521 g/mol. The molecule has 3 amide bonds. The van der Waals surface area contributed by atoms with E-state index in [0.29, 0.717) is 23.5 Å². The maximum atomic E-state index is 12.9. The van der Waals surface area contributed by atoms with Gasteiger partial charge in [-0.05, 0) is 60.2 Å². The number of carbonyl (C=O) groups excluding carboxylic acids is 3.